The van der Waals surface area contributed by atoms with Crippen LogP contribution in [0.4, 0.5) is 4.39 Å². The second-order valence-corrected chi connectivity index (χ2v) is 9.10. The number of hydrogen-bond acceptors (Lipinski definition) is 3. The zero-order valence-corrected chi connectivity index (χ0v) is 19.4. The van der Waals surface area contributed by atoms with Gasteiger partial charge in [0.1, 0.15) is 11.5 Å². The van der Waals surface area contributed by atoms with E-state index in [0.29, 0.717) is 41.5 Å². The number of halogens is 2. The third-order valence-electron chi connectivity index (χ3n) is 6.41. The maximum atomic E-state index is 13.6. The van der Waals surface area contributed by atoms with E-state index in [1.807, 2.05) is 42.5 Å². The Labute approximate surface area is 201 Å². The Morgan fingerprint density at radius 2 is 1.85 bits per heavy atom. The van der Waals surface area contributed by atoms with Crippen LogP contribution in [0.3, 0.4) is 0 Å². The van der Waals surface area contributed by atoms with E-state index in [2.05, 4.69) is 0 Å². The summed E-state index contributed by atoms with van der Waals surface area (Å²) in [7, 11) is 0. The molecule has 5 nitrogen and oxygen atoms in total. The number of rotatable bonds is 5. The molecule has 0 radical (unpaired) electrons. The summed E-state index contributed by atoms with van der Waals surface area (Å²) in [6.07, 6.45) is 1.22. The second kappa shape index (κ2) is 9.03. The summed E-state index contributed by atoms with van der Waals surface area (Å²) in [5.41, 5.74) is 3.48. The first-order valence-corrected chi connectivity index (χ1v) is 11.6. The van der Waals surface area contributed by atoms with Gasteiger partial charge in [-0.3, -0.25) is 9.59 Å². The Hall–Kier alpha value is -3.51. The Morgan fingerprint density at radius 1 is 1.09 bits per heavy atom. The van der Waals surface area contributed by atoms with Crippen LogP contribution in [0.15, 0.2) is 66.7 Å². The van der Waals surface area contributed by atoms with Crippen LogP contribution in [-0.4, -0.2) is 39.5 Å². The highest BCUT2D eigenvalue weighted by molar-refractivity contribution is 6.33. The van der Waals surface area contributed by atoms with Crippen molar-refractivity contribution < 1.29 is 14.0 Å². The van der Waals surface area contributed by atoms with Crippen molar-refractivity contribution in [3.8, 4) is 16.9 Å². The first-order chi connectivity index (χ1) is 16.4. The van der Waals surface area contributed by atoms with Crippen LogP contribution in [0.1, 0.15) is 30.1 Å². The van der Waals surface area contributed by atoms with Crippen molar-refractivity contribution in [2.75, 3.05) is 13.1 Å². The fourth-order valence-corrected chi connectivity index (χ4v) is 4.81. The van der Waals surface area contributed by atoms with Crippen LogP contribution in [0.2, 0.25) is 5.02 Å². The third kappa shape index (κ3) is 4.21. The maximum Gasteiger partial charge on any atom is 0.219 e. The van der Waals surface area contributed by atoms with Crippen LogP contribution < -0.4 is 0 Å². The largest absolute Gasteiger partial charge is 0.343 e. The zero-order valence-electron chi connectivity index (χ0n) is 18.7. The van der Waals surface area contributed by atoms with Gasteiger partial charge < -0.3 is 4.90 Å². The molecule has 3 aromatic carbocycles. The number of benzene rings is 3. The molecule has 1 atom stereocenters. The standard InChI is InChI=1S/C27H23ClFN3O2/c1-17(33)31-13-12-18(16-31)14-26(34)19-6-11-23-25(15-19)32(21-9-7-20(29)8-10-21)30-27(23)22-4-2-3-5-24(22)28/h2-11,15,18H,12-14,16H2,1H3/t18-/m0/s1. The molecule has 4 aromatic rings. The van der Waals surface area contributed by atoms with Gasteiger partial charge in [-0.2, -0.15) is 5.10 Å². The first kappa shape index (κ1) is 22.3. The molecule has 0 aliphatic carbocycles. The molecule has 34 heavy (non-hydrogen) atoms. The van der Waals surface area contributed by atoms with E-state index in [1.54, 1.807) is 28.6 Å². The van der Waals surface area contributed by atoms with Gasteiger partial charge in [0.05, 0.1) is 16.2 Å². The molecule has 5 rings (SSSR count). The molecule has 0 unspecified atom stereocenters. The smallest absolute Gasteiger partial charge is 0.219 e. The molecule has 7 heteroatoms. The Morgan fingerprint density at radius 3 is 2.56 bits per heavy atom. The number of carbonyl (C=O) groups excluding carboxylic acids is 2. The highest BCUT2D eigenvalue weighted by atomic mass is 35.5. The van der Waals surface area contributed by atoms with E-state index in [1.165, 1.54) is 12.1 Å². The van der Waals surface area contributed by atoms with Gasteiger partial charge in [0.2, 0.25) is 5.91 Å². The van der Waals surface area contributed by atoms with Crippen LogP contribution in [-0.2, 0) is 4.79 Å². The summed E-state index contributed by atoms with van der Waals surface area (Å²) in [5, 5.41) is 6.23. The number of nitrogens with zero attached hydrogens (tertiary/aromatic N) is 3. The molecular formula is C27H23ClFN3O2. The molecule has 0 N–H and O–H groups in total. The number of aromatic nitrogens is 2. The SMILES string of the molecule is CC(=O)N1CC[C@@H](CC(=O)c2ccc3c(-c4ccccc4Cl)nn(-c4ccc(F)cc4)c3c2)C1. The summed E-state index contributed by atoms with van der Waals surface area (Å²) >= 11 is 6.47. The van der Waals surface area contributed by atoms with Crippen molar-refractivity contribution in [2.24, 2.45) is 5.92 Å². The fraction of sp³-hybridized carbons (Fsp3) is 0.222. The van der Waals surface area contributed by atoms with Gasteiger partial charge in [-0.1, -0.05) is 35.9 Å². The molecule has 0 spiro atoms. The molecular weight excluding hydrogens is 453 g/mol. The topological polar surface area (TPSA) is 55.2 Å². The average molecular weight is 476 g/mol. The highest BCUT2D eigenvalue weighted by Crippen LogP contribution is 2.35. The number of hydrogen-bond donors (Lipinski definition) is 0. The van der Waals surface area contributed by atoms with Crippen molar-refractivity contribution in [3.63, 3.8) is 0 Å². The average Bonchev–Trinajstić information content (AvgIpc) is 3.45. The van der Waals surface area contributed by atoms with E-state index >= 15 is 0 Å². The van der Waals surface area contributed by atoms with Gasteiger partial charge in [0.15, 0.2) is 5.78 Å². The van der Waals surface area contributed by atoms with Gasteiger partial charge in [-0.25, -0.2) is 9.07 Å². The van der Waals surface area contributed by atoms with Crippen molar-refractivity contribution >= 4 is 34.2 Å². The molecule has 1 fully saturated rings. The lowest BCUT2D eigenvalue weighted by atomic mass is 9.96. The summed E-state index contributed by atoms with van der Waals surface area (Å²) < 4.78 is 15.3. The van der Waals surface area contributed by atoms with E-state index in [-0.39, 0.29) is 23.4 Å². The first-order valence-electron chi connectivity index (χ1n) is 11.2. The molecule has 1 saturated heterocycles. The lowest BCUT2D eigenvalue weighted by Gasteiger charge is -2.13. The number of fused-ring (bicyclic) bond motifs is 1. The van der Waals surface area contributed by atoms with Crippen LogP contribution in [0.25, 0.3) is 27.8 Å². The molecule has 0 bridgehead atoms. The van der Waals surface area contributed by atoms with Crippen LogP contribution in [0, 0.1) is 11.7 Å². The van der Waals surface area contributed by atoms with E-state index in [4.69, 9.17) is 16.7 Å². The van der Waals surface area contributed by atoms with E-state index in [0.717, 1.165) is 22.9 Å². The maximum absolute atomic E-state index is 13.6. The Balaban J connectivity index is 1.55. The predicted molar refractivity (Wildman–Crippen MR) is 131 cm³/mol. The quantitative estimate of drug-likeness (QED) is 0.336. The Bertz CT molecular complexity index is 1400. The van der Waals surface area contributed by atoms with Gasteiger partial charge in [-0.15, -0.1) is 0 Å². The van der Waals surface area contributed by atoms with Crippen LogP contribution in [0.5, 0.6) is 0 Å². The molecule has 0 saturated carbocycles. The van der Waals surface area contributed by atoms with Crippen molar-refractivity contribution in [2.45, 2.75) is 19.8 Å². The van der Waals surface area contributed by atoms with Crippen molar-refractivity contribution in [1.29, 1.82) is 0 Å². The minimum atomic E-state index is -0.335. The second-order valence-electron chi connectivity index (χ2n) is 8.70. The minimum absolute atomic E-state index is 0.0310. The Kier molecular flexibility index (Phi) is 5.92. The molecule has 1 aliphatic rings. The van der Waals surface area contributed by atoms with Crippen molar-refractivity contribution in [3.05, 3.63) is 83.1 Å². The number of likely N-dealkylation sites (tertiary alicyclic amines) is 1. The van der Waals surface area contributed by atoms with E-state index < -0.39 is 0 Å². The molecule has 1 aromatic heterocycles. The molecule has 1 amide bonds. The molecule has 172 valence electrons. The van der Waals surface area contributed by atoms with Gasteiger partial charge in [0.25, 0.3) is 0 Å². The lowest BCUT2D eigenvalue weighted by molar-refractivity contribution is -0.127. The number of ketones is 1. The highest BCUT2D eigenvalue weighted by Gasteiger charge is 2.27. The normalized spacial score (nSPS) is 15.7. The third-order valence-corrected chi connectivity index (χ3v) is 6.74. The molecule has 1 aliphatic heterocycles. The number of amides is 1. The summed E-state index contributed by atoms with van der Waals surface area (Å²) in [4.78, 5) is 26.6. The summed E-state index contributed by atoms with van der Waals surface area (Å²) in [5.74, 6) is -0.0958. The lowest BCUT2D eigenvalue weighted by Crippen LogP contribution is -2.26. The number of Topliss-reactive ketones (excluding diaryl/α,β-unsaturated/α-hetero) is 1. The van der Waals surface area contributed by atoms with Crippen LogP contribution >= 0.6 is 11.6 Å². The summed E-state index contributed by atoms with van der Waals surface area (Å²) in [6, 6.07) is 19.1. The minimum Gasteiger partial charge on any atom is -0.343 e. The fourth-order valence-electron chi connectivity index (χ4n) is 4.58. The van der Waals surface area contributed by atoms with Gasteiger partial charge in [0, 0.05) is 42.9 Å². The van der Waals surface area contributed by atoms with E-state index in [9.17, 15) is 14.0 Å². The van der Waals surface area contributed by atoms with Crippen molar-refractivity contribution in [1.82, 2.24) is 14.7 Å². The number of carbonyl (C=O) groups is 2. The van der Waals surface area contributed by atoms with Gasteiger partial charge >= 0.3 is 0 Å². The summed E-state index contributed by atoms with van der Waals surface area (Å²) in [6.45, 7) is 2.88. The van der Waals surface area contributed by atoms with Gasteiger partial charge in [-0.05, 0) is 54.8 Å². The zero-order chi connectivity index (χ0) is 23.8. The molecule has 2 heterocycles. The monoisotopic (exact) mass is 475 g/mol. The predicted octanol–water partition coefficient (Wildman–Crippen LogP) is 5.93.